The Hall–Kier alpha value is -1.35. The average molecular weight is 272 g/mol. The van der Waals surface area contributed by atoms with E-state index in [1.54, 1.807) is 0 Å². The Morgan fingerprint density at radius 2 is 1.75 bits per heavy atom. The number of aryl methyl sites for hydroxylation is 2. The van der Waals surface area contributed by atoms with Gasteiger partial charge in [0.05, 0.1) is 0 Å². The van der Waals surface area contributed by atoms with Crippen molar-refractivity contribution in [2.45, 2.75) is 33.1 Å². The monoisotopic (exact) mass is 272 g/mol. The van der Waals surface area contributed by atoms with E-state index in [1.165, 1.54) is 17.5 Å². The minimum absolute atomic E-state index is 0.206. The van der Waals surface area contributed by atoms with Crippen LogP contribution in [0.15, 0.2) is 18.2 Å². The zero-order chi connectivity index (χ0) is 14.2. The SMILES string of the molecule is Cc1cc(C)cc(C(=O)N2CCC3(CCNC3)CC2)c1. The summed E-state index contributed by atoms with van der Waals surface area (Å²) >= 11 is 0. The van der Waals surface area contributed by atoms with Gasteiger partial charge in [0.25, 0.3) is 5.91 Å². The molecule has 1 aromatic rings. The van der Waals surface area contributed by atoms with Gasteiger partial charge in [-0.3, -0.25) is 4.79 Å². The maximum absolute atomic E-state index is 12.6. The molecular formula is C17H24N2O. The number of benzene rings is 1. The predicted octanol–water partition coefficient (Wildman–Crippen LogP) is 2.52. The molecule has 0 aromatic heterocycles. The van der Waals surface area contributed by atoms with Gasteiger partial charge in [0.15, 0.2) is 0 Å². The van der Waals surface area contributed by atoms with Crippen molar-refractivity contribution in [2.24, 2.45) is 5.41 Å². The van der Waals surface area contributed by atoms with Gasteiger partial charge in [0.1, 0.15) is 0 Å². The van der Waals surface area contributed by atoms with E-state index in [4.69, 9.17) is 0 Å². The molecule has 3 nitrogen and oxygen atoms in total. The molecule has 0 bridgehead atoms. The molecule has 2 fully saturated rings. The minimum atomic E-state index is 0.206. The molecule has 3 rings (SSSR count). The number of rotatable bonds is 1. The van der Waals surface area contributed by atoms with Gasteiger partial charge in [-0.15, -0.1) is 0 Å². The topological polar surface area (TPSA) is 32.3 Å². The van der Waals surface area contributed by atoms with Crippen molar-refractivity contribution in [1.82, 2.24) is 10.2 Å². The summed E-state index contributed by atoms with van der Waals surface area (Å²) in [5.74, 6) is 0.206. The first kappa shape index (κ1) is 13.6. The smallest absolute Gasteiger partial charge is 0.253 e. The molecule has 0 aliphatic carbocycles. The van der Waals surface area contributed by atoms with E-state index in [0.717, 1.165) is 44.6 Å². The van der Waals surface area contributed by atoms with Gasteiger partial charge in [-0.1, -0.05) is 17.2 Å². The Bertz CT molecular complexity index is 487. The molecule has 0 radical (unpaired) electrons. The van der Waals surface area contributed by atoms with Crippen molar-refractivity contribution >= 4 is 5.91 Å². The Morgan fingerprint density at radius 1 is 1.10 bits per heavy atom. The fraction of sp³-hybridized carbons (Fsp3) is 0.588. The van der Waals surface area contributed by atoms with Gasteiger partial charge in [0, 0.05) is 25.2 Å². The first-order valence-corrected chi connectivity index (χ1v) is 7.66. The number of hydrogen-bond donors (Lipinski definition) is 1. The zero-order valence-corrected chi connectivity index (χ0v) is 12.5. The number of carbonyl (C=O) groups excluding carboxylic acids is 1. The summed E-state index contributed by atoms with van der Waals surface area (Å²) in [4.78, 5) is 14.7. The highest BCUT2D eigenvalue weighted by atomic mass is 16.2. The first-order chi connectivity index (χ1) is 9.58. The molecule has 2 saturated heterocycles. The summed E-state index contributed by atoms with van der Waals surface area (Å²) in [6.07, 6.45) is 3.58. The summed E-state index contributed by atoms with van der Waals surface area (Å²) < 4.78 is 0. The third-order valence-corrected chi connectivity index (χ3v) is 4.91. The molecule has 3 heteroatoms. The van der Waals surface area contributed by atoms with E-state index in [1.807, 2.05) is 17.0 Å². The van der Waals surface area contributed by atoms with Crippen LogP contribution in [0.2, 0.25) is 0 Å². The van der Waals surface area contributed by atoms with E-state index in [-0.39, 0.29) is 5.91 Å². The van der Waals surface area contributed by atoms with Crippen molar-refractivity contribution in [2.75, 3.05) is 26.2 Å². The Balaban J connectivity index is 1.69. The van der Waals surface area contributed by atoms with E-state index >= 15 is 0 Å². The molecule has 0 saturated carbocycles. The molecule has 0 unspecified atom stereocenters. The van der Waals surface area contributed by atoms with E-state index in [9.17, 15) is 4.79 Å². The third kappa shape index (κ3) is 2.59. The molecule has 20 heavy (non-hydrogen) atoms. The maximum Gasteiger partial charge on any atom is 0.253 e. The van der Waals surface area contributed by atoms with Gasteiger partial charge >= 0.3 is 0 Å². The molecule has 2 aliphatic rings. The zero-order valence-electron chi connectivity index (χ0n) is 12.5. The van der Waals surface area contributed by atoms with Crippen LogP contribution in [0.25, 0.3) is 0 Å². The number of nitrogens with one attached hydrogen (secondary N) is 1. The lowest BCUT2D eigenvalue weighted by atomic mass is 9.78. The van der Waals surface area contributed by atoms with Gasteiger partial charge < -0.3 is 10.2 Å². The normalized spacial score (nSPS) is 21.4. The molecule has 0 atom stereocenters. The van der Waals surface area contributed by atoms with Gasteiger partial charge in [-0.25, -0.2) is 0 Å². The number of nitrogens with zero attached hydrogens (tertiary/aromatic N) is 1. The number of likely N-dealkylation sites (tertiary alicyclic amines) is 1. The highest BCUT2D eigenvalue weighted by molar-refractivity contribution is 5.94. The Morgan fingerprint density at radius 3 is 2.30 bits per heavy atom. The van der Waals surface area contributed by atoms with Crippen molar-refractivity contribution in [3.05, 3.63) is 34.9 Å². The van der Waals surface area contributed by atoms with E-state index < -0.39 is 0 Å². The van der Waals surface area contributed by atoms with Crippen molar-refractivity contribution in [3.8, 4) is 0 Å². The van der Waals surface area contributed by atoms with Crippen LogP contribution < -0.4 is 5.32 Å². The van der Waals surface area contributed by atoms with Crippen molar-refractivity contribution < 1.29 is 4.79 Å². The second-order valence-electron chi connectivity index (χ2n) is 6.60. The van der Waals surface area contributed by atoms with Gasteiger partial charge in [-0.05, 0) is 57.2 Å². The van der Waals surface area contributed by atoms with Crippen molar-refractivity contribution in [3.63, 3.8) is 0 Å². The highest BCUT2D eigenvalue weighted by Gasteiger charge is 2.38. The molecule has 1 N–H and O–H groups in total. The fourth-order valence-electron chi connectivity index (χ4n) is 3.69. The summed E-state index contributed by atoms with van der Waals surface area (Å²) in [6, 6.07) is 6.14. The number of carbonyl (C=O) groups is 1. The molecule has 1 aromatic carbocycles. The average Bonchev–Trinajstić information content (AvgIpc) is 2.86. The van der Waals surface area contributed by atoms with Gasteiger partial charge in [0.2, 0.25) is 0 Å². The largest absolute Gasteiger partial charge is 0.339 e. The summed E-state index contributed by atoms with van der Waals surface area (Å²) in [5.41, 5.74) is 3.66. The molecule has 2 heterocycles. The van der Waals surface area contributed by atoms with E-state index in [2.05, 4.69) is 25.2 Å². The molecule has 1 spiro atoms. The van der Waals surface area contributed by atoms with Crippen LogP contribution in [0, 0.1) is 19.3 Å². The lowest BCUT2D eigenvalue weighted by Gasteiger charge is -2.39. The molecule has 108 valence electrons. The summed E-state index contributed by atoms with van der Waals surface area (Å²) in [5, 5.41) is 3.47. The standard InChI is InChI=1S/C17H24N2O/c1-13-9-14(2)11-15(10-13)16(20)19-7-4-17(5-8-19)3-6-18-12-17/h9-11,18H,3-8,12H2,1-2H3. The summed E-state index contributed by atoms with van der Waals surface area (Å²) in [6.45, 7) is 8.21. The Labute approximate surface area is 121 Å². The lowest BCUT2D eigenvalue weighted by molar-refractivity contribution is 0.0607. The maximum atomic E-state index is 12.6. The van der Waals surface area contributed by atoms with Crippen LogP contribution >= 0.6 is 0 Å². The van der Waals surface area contributed by atoms with Crippen LogP contribution in [-0.4, -0.2) is 37.0 Å². The van der Waals surface area contributed by atoms with Crippen LogP contribution in [-0.2, 0) is 0 Å². The van der Waals surface area contributed by atoms with Crippen LogP contribution in [0.3, 0.4) is 0 Å². The van der Waals surface area contributed by atoms with Crippen LogP contribution in [0.4, 0.5) is 0 Å². The fourth-order valence-corrected chi connectivity index (χ4v) is 3.69. The number of piperidine rings is 1. The number of amides is 1. The van der Waals surface area contributed by atoms with Crippen LogP contribution in [0.5, 0.6) is 0 Å². The minimum Gasteiger partial charge on any atom is -0.339 e. The Kier molecular flexibility index (Phi) is 3.55. The van der Waals surface area contributed by atoms with E-state index in [0.29, 0.717) is 5.41 Å². The van der Waals surface area contributed by atoms with Crippen molar-refractivity contribution in [1.29, 1.82) is 0 Å². The highest BCUT2D eigenvalue weighted by Crippen LogP contribution is 2.37. The van der Waals surface area contributed by atoms with Crippen LogP contribution in [0.1, 0.15) is 40.7 Å². The second kappa shape index (κ2) is 5.21. The quantitative estimate of drug-likeness (QED) is 0.852. The third-order valence-electron chi connectivity index (χ3n) is 4.91. The summed E-state index contributed by atoms with van der Waals surface area (Å²) in [7, 11) is 0. The number of hydrogen-bond acceptors (Lipinski definition) is 2. The lowest BCUT2D eigenvalue weighted by Crippen LogP contribution is -2.44. The molecule has 1 amide bonds. The first-order valence-electron chi connectivity index (χ1n) is 7.66. The molecule has 2 aliphatic heterocycles. The van der Waals surface area contributed by atoms with Gasteiger partial charge in [-0.2, -0.15) is 0 Å². The second-order valence-corrected chi connectivity index (χ2v) is 6.60. The predicted molar refractivity (Wildman–Crippen MR) is 81.0 cm³/mol. The molecular weight excluding hydrogens is 248 g/mol.